The van der Waals surface area contributed by atoms with E-state index < -0.39 is 0 Å². The zero-order valence-corrected chi connectivity index (χ0v) is 14.4. The summed E-state index contributed by atoms with van der Waals surface area (Å²) in [5.74, 6) is 3.68. The molecule has 0 saturated heterocycles. The minimum Gasteiger partial charge on any atom is -0.493 e. The summed E-state index contributed by atoms with van der Waals surface area (Å²) in [4.78, 5) is 12.4. The van der Waals surface area contributed by atoms with Crippen LogP contribution in [0.15, 0.2) is 42.5 Å². The topological polar surface area (TPSA) is 71.3 Å². The molecule has 5 nitrogen and oxygen atoms in total. The van der Waals surface area contributed by atoms with Crippen LogP contribution in [0.5, 0.6) is 11.5 Å². The standard InChI is InChI=1S/C21H18N2O3/c1-3-10-26-19-9-6-15(11-20(19)25-2)17-12-18(17)21(24)23-16-7-4-14(13-22)5-8-16/h1,4-9,11,17-18H,10,12H2,2H3,(H,23,24). The van der Waals surface area contributed by atoms with Gasteiger partial charge < -0.3 is 14.8 Å². The number of ether oxygens (including phenoxy) is 2. The van der Waals surface area contributed by atoms with Gasteiger partial charge >= 0.3 is 0 Å². The van der Waals surface area contributed by atoms with E-state index in [1.54, 1.807) is 31.4 Å². The van der Waals surface area contributed by atoms with E-state index in [2.05, 4.69) is 17.3 Å². The molecule has 26 heavy (non-hydrogen) atoms. The third-order valence-corrected chi connectivity index (χ3v) is 4.34. The molecule has 1 aliphatic carbocycles. The Balaban J connectivity index is 1.64. The molecule has 2 aromatic rings. The van der Waals surface area contributed by atoms with E-state index in [9.17, 15) is 4.79 Å². The number of hydrogen-bond donors (Lipinski definition) is 1. The normalized spacial score (nSPS) is 17.5. The van der Waals surface area contributed by atoms with Crippen molar-refractivity contribution >= 4 is 11.6 Å². The fourth-order valence-corrected chi connectivity index (χ4v) is 2.87. The van der Waals surface area contributed by atoms with Gasteiger partial charge in [0, 0.05) is 11.6 Å². The Labute approximate surface area is 152 Å². The number of carbonyl (C=O) groups excluding carboxylic acids is 1. The molecule has 0 aliphatic heterocycles. The third kappa shape index (κ3) is 3.79. The number of rotatable bonds is 6. The van der Waals surface area contributed by atoms with Crippen molar-refractivity contribution < 1.29 is 14.3 Å². The summed E-state index contributed by atoms with van der Waals surface area (Å²) in [6, 6.07) is 14.5. The van der Waals surface area contributed by atoms with Crippen molar-refractivity contribution in [3.8, 4) is 29.9 Å². The van der Waals surface area contributed by atoms with Crippen LogP contribution in [0.3, 0.4) is 0 Å². The molecular weight excluding hydrogens is 328 g/mol. The summed E-state index contributed by atoms with van der Waals surface area (Å²) in [7, 11) is 1.57. The number of nitriles is 1. The maximum absolute atomic E-state index is 12.4. The highest BCUT2D eigenvalue weighted by Crippen LogP contribution is 2.49. The van der Waals surface area contributed by atoms with Crippen molar-refractivity contribution in [1.29, 1.82) is 5.26 Å². The molecule has 0 radical (unpaired) electrons. The Kier molecular flexibility index (Phi) is 5.10. The van der Waals surface area contributed by atoms with Gasteiger partial charge in [0.25, 0.3) is 0 Å². The molecule has 2 atom stereocenters. The first kappa shape index (κ1) is 17.4. The van der Waals surface area contributed by atoms with Crippen LogP contribution in [0.1, 0.15) is 23.5 Å². The molecule has 1 amide bonds. The van der Waals surface area contributed by atoms with Gasteiger partial charge in [-0.15, -0.1) is 6.42 Å². The maximum Gasteiger partial charge on any atom is 0.228 e. The Morgan fingerprint density at radius 2 is 2.04 bits per heavy atom. The first-order valence-corrected chi connectivity index (χ1v) is 8.21. The molecule has 0 spiro atoms. The Bertz CT molecular complexity index is 891. The number of benzene rings is 2. The van der Waals surface area contributed by atoms with E-state index in [4.69, 9.17) is 21.2 Å². The number of carbonyl (C=O) groups is 1. The first-order valence-electron chi connectivity index (χ1n) is 8.21. The molecule has 0 bridgehead atoms. The summed E-state index contributed by atoms with van der Waals surface area (Å²) in [6.45, 7) is 0.175. The van der Waals surface area contributed by atoms with Gasteiger partial charge in [0.2, 0.25) is 5.91 Å². The van der Waals surface area contributed by atoms with Crippen LogP contribution < -0.4 is 14.8 Å². The molecule has 1 fully saturated rings. The summed E-state index contributed by atoms with van der Waals surface area (Å²) >= 11 is 0. The third-order valence-electron chi connectivity index (χ3n) is 4.34. The maximum atomic E-state index is 12.4. The van der Waals surface area contributed by atoms with Crippen LogP contribution in [0.4, 0.5) is 5.69 Å². The van der Waals surface area contributed by atoms with Gasteiger partial charge in [-0.25, -0.2) is 0 Å². The summed E-state index contributed by atoms with van der Waals surface area (Å²) in [5, 5.41) is 11.7. The molecule has 5 heteroatoms. The molecule has 1 N–H and O–H groups in total. The summed E-state index contributed by atoms with van der Waals surface area (Å²) < 4.78 is 10.8. The highest BCUT2D eigenvalue weighted by atomic mass is 16.5. The summed E-state index contributed by atoms with van der Waals surface area (Å²) in [6.07, 6.45) is 6.00. The average molecular weight is 346 g/mol. The minimum absolute atomic E-state index is 0.0219. The number of nitrogens with one attached hydrogen (secondary N) is 1. The molecule has 2 aromatic carbocycles. The van der Waals surface area contributed by atoms with Crippen molar-refractivity contribution in [3.63, 3.8) is 0 Å². The Hall–Kier alpha value is -3.44. The van der Waals surface area contributed by atoms with Crippen LogP contribution in [-0.4, -0.2) is 19.6 Å². The quantitative estimate of drug-likeness (QED) is 0.815. The van der Waals surface area contributed by atoms with E-state index in [1.807, 2.05) is 18.2 Å². The van der Waals surface area contributed by atoms with Crippen molar-refractivity contribution in [2.75, 3.05) is 19.0 Å². The first-order chi connectivity index (χ1) is 12.7. The van der Waals surface area contributed by atoms with Crippen molar-refractivity contribution in [2.45, 2.75) is 12.3 Å². The largest absolute Gasteiger partial charge is 0.493 e. The zero-order valence-electron chi connectivity index (χ0n) is 14.4. The van der Waals surface area contributed by atoms with Crippen LogP contribution in [0.2, 0.25) is 0 Å². The lowest BCUT2D eigenvalue weighted by molar-refractivity contribution is -0.117. The van der Waals surface area contributed by atoms with Crippen LogP contribution >= 0.6 is 0 Å². The molecule has 1 saturated carbocycles. The van der Waals surface area contributed by atoms with E-state index in [0.717, 1.165) is 12.0 Å². The second-order valence-electron chi connectivity index (χ2n) is 6.03. The summed E-state index contributed by atoms with van der Waals surface area (Å²) in [5.41, 5.74) is 2.29. The SMILES string of the molecule is C#CCOc1ccc(C2CC2C(=O)Nc2ccc(C#N)cc2)cc1OC. The second-order valence-corrected chi connectivity index (χ2v) is 6.03. The van der Waals surface area contributed by atoms with Crippen LogP contribution in [0, 0.1) is 29.6 Å². The molecule has 3 rings (SSSR count). The van der Waals surface area contributed by atoms with Gasteiger partial charge in [0.05, 0.1) is 18.7 Å². The van der Waals surface area contributed by atoms with E-state index >= 15 is 0 Å². The number of hydrogen-bond acceptors (Lipinski definition) is 4. The van der Waals surface area contributed by atoms with E-state index in [-0.39, 0.29) is 24.3 Å². The predicted octanol–water partition coefficient (Wildman–Crippen LogP) is 3.32. The van der Waals surface area contributed by atoms with Gasteiger partial charge in [-0.2, -0.15) is 5.26 Å². The fraction of sp³-hybridized carbons (Fsp3) is 0.238. The lowest BCUT2D eigenvalue weighted by Crippen LogP contribution is -2.14. The van der Waals surface area contributed by atoms with E-state index in [1.165, 1.54) is 0 Å². The van der Waals surface area contributed by atoms with Crippen molar-refractivity contribution in [2.24, 2.45) is 5.92 Å². The van der Waals surface area contributed by atoms with E-state index in [0.29, 0.717) is 22.7 Å². The Morgan fingerprint density at radius 3 is 2.69 bits per heavy atom. The minimum atomic E-state index is -0.0761. The fourth-order valence-electron chi connectivity index (χ4n) is 2.87. The molecule has 2 unspecified atom stereocenters. The van der Waals surface area contributed by atoms with Gasteiger partial charge in [-0.3, -0.25) is 4.79 Å². The number of nitrogens with zero attached hydrogens (tertiary/aromatic N) is 1. The van der Waals surface area contributed by atoms with Crippen molar-refractivity contribution in [1.82, 2.24) is 0 Å². The average Bonchev–Trinajstić information content (AvgIpc) is 3.48. The number of amides is 1. The highest BCUT2D eigenvalue weighted by Gasteiger charge is 2.44. The number of methoxy groups -OCH3 is 1. The second kappa shape index (κ2) is 7.63. The highest BCUT2D eigenvalue weighted by molar-refractivity contribution is 5.95. The van der Waals surface area contributed by atoms with Crippen LogP contribution in [0.25, 0.3) is 0 Å². The monoisotopic (exact) mass is 346 g/mol. The van der Waals surface area contributed by atoms with Crippen LogP contribution in [-0.2, 0) is 4.79 Å². The molecule has 0 heterocycles. The van der Waals surface area contributed by atoms with Gasteiger partial charge in [-0.05, 0) is 54.3 Å². The molecule has 0 aromatic heterocycles. The lowest BCUT2D eigenvalue weighted by Gasteiger charge is -2.11. The molecular formula is C21H18N2O3. The van der Waals surface area contributed by atoms with Crippen molar-refractivity contribution in [3.05, 3.63) is 53.6 Å². The number of anilines is 1. The van der Waals surface area contributed by atoms with Gasteiger partial charge in [0.15, 0.2) is 11.5 Å². The number of terminal acetylenes is 1. The van der Waals surface area contributed by atoms with Gasteiger partial charge in [-0.1, -0.05) is 12.0 Å². The molecule has 130 valence electrons. The zero-order chi connectivity index (χ0) is 18.5. The van der Waals surface area contributed by atoms with Gasteiger partial charge in [0.1, 0.15) is 6.61 Å². The smallest absolute Gasteiger partial charge is 0.228 e. The Morgan fingerprint density at radius 1 is 1.27 bits per heavy atom. The lowest BCUT2D eigenvalue weighted by atomic mass is 10.1. The molecule has 1 aliphatic rings. The predicted molar refractivity (Wildman–Crippen MR) is 98.0 cm³/mol.